The van der Waals surface area contributed by atoms with Gasteiger partial charge in [-0.1, -0.05) is 25.0 Å². The van der Waals surface area contributed by atoms with E-state index < -0.39 is 0 Å². The third-order valence-corrected chi connectivity index (χ3v) is 5.48. The number of halogens is 1. The van der Waals surface area contributed by atoms with Crippen molar-refractivity contribution >= 4 is 29.9 Å². The van der Waals surface area contributed by atoms with Gasteiger partial charge < -0.3 is 24.8 Å². The van der Waals surface area contributed by atoms with Crippen molar-refractivity contribution in [3.63, 3.8) is 0 Å². The second-order valence-electron chi connectivity index (χ2n) is 7.52. The third kappa shape index (κ3) is 6.40. The number of ether oxygens (including phenoxy) is 3. The molecule has 0 spiro atoms. The Balaban J connectivity index is 0.00000280. The van der Waals surface area contributed by atoms with E-state index in [0.717, 1.165) is 43.6 Å². The van der Waals surface area contributed by atoms with Gasteiger partial charge >= 0.3 is 0 Å². The van der Waals surface area contributed by atoms with Crippen LogP contribution in [0.15, 0.2) is 29.3 Å². The molecule has 0 amide bonds. The lowest BCUT2D eigenvalue weighted by molar-refractivity contribution is 0.0935. The van der Waals surface area contributed by atoms with Crippen molar-refractivity contribution in [2.24, 2.45) is 10.4 Å². The van der Waals surface area contributed by atoms with Gasteiger partial charge in [-0.25, -0.2) is 0 Å². The van der Waals surface area contributed by atoms with E-state index in [9.17, 15) is 0 Å². The lowest BCUT2D eigenvalue weighted by atomic mass is 9.83. The number of para-hydroxylation sites is 2. The van der Waals surface area contributed by atoms with Crippen LogP contribution in [0.2, 0.25) is 0 Å². The lowest BCUT2D eigenvalue weighted by Gasteiger charge is -2.28. The topological polar surface area (TPSA) is 64.1 Å². The van der Waals surface area contributed by atoms with E-state index in [1.165, 1.54) is 25.7 Å². The Morgan fingerprint density at radius 1 is 1.21 bits per heavy atom. The minimum atomic E-state index is -0.0299. The maximum absolute atomic E-state index is 6.02. The van der Waals surface area contributed by atoms with Crippen molar-refractivity contribution in [2.45, 2.75) is 45.1 Å². The number of nitrogens with one attached hydrogen (secondary N) is 2. The molecule has 1 aromatic rings. The summed E-state index contributed by atoms with van der Waals surface area (Å²) in [5.41, 5.74) is 0.293. The zero-order valence-corrected chi connectivity index (χ0v) is 19.4. The number of nitrogens with zero attached hydrogens (tertiary/aromatic N) is 1. The predicted octanol–water partition coefficient (Wildman–Crippen LogP) is 3.60. The Morgan fingerprint density at radius 2 is 1.96 bits per heavy atom. The first-order valence-electron chi connectivity index (χ1n) is 10.1. The van der Waals surface area contributed by atoms with Crippen LogP contribution in [0.5, 0.6) is 11.5 Å². The van der Waals surface area contributed by atoms with Gasteiger partial charge in [0.05, 0.1) is 6.54 Å². The summed E-state index contributed by atoms with van der Waals surface area (Å²) in [6, 6.07) is 7.80. The van der Waals surface area contributed by atoms with Gasteiger partial charge in [0.15, 0.2) is 17.5 Å². The maximum Gasteiger partial charge on any atom is 0.191 e. The normalized spacial score (nSPS) is 20.4. The molecule has 0 bridgehead atoms. The molecule has 1 unspecified atom stereocenters. The molecule has 3 rings (SSSR count). The monoisotopic (exact) mass is 503 g/mol. The first kappa shape index (κ1) is 23.1. The van der Waals surface area contributed by atoms with E-state index in [2.05, 4.69) is 17.6 Å². The molecule has 2 aliphatic rings. The molecule has 1 aromatic carbocycles. The summed E-state index contributed by atoms with van der Waals surface area (Å²) < 4.78 is 17.1. The standard InChI is InChI=1S/C21H33N3O3.HI/c1-3-22-20(24-16-21(12-13-25-2)10-6-7-11-21)23-14-17-15-26-18-8-4-5-9-19(18)27-17;/h4-5,8-9,17H,3,6-7,10-16H2,1-2H3,(H2,22,23,24);1H. The Bertz CT molecular complexity index is 621. The van der Waals surface area contributed by atoms with Gasteiger partial charge in [0.2, 0.25) is 0 Å². The molecule has 1 heterocycles. The number of benzene rings is 1. The average molecular weight is 503 g/mol. The molecule has 7 heteroatoms. The molecule has 0 radical (unpaired) electrons. The van der Waals surface area contributed by atoms with Crippen molar-refractivity contribution in [3.05, 3.63) is 24.3 Å². The Labute approximate surface area is 185 Å². The van der Waals surface area contributed by atoms with Crippen LogP contribution in [-0.4, -0.2) is 52.0 Å². The van der Waals surface area contributed by atoms with Crippen molar-refractivity contribution in [1.29, 1.82) is 0 Å². The summed E-state index contributed by atoms with van der Waals surface area (Å²) in [4.78, 5) is 4.89. The molecule has 1 saturated carbocycles. The number of rotatable bonds is 8. The van der Waals surface area contributed by atoms with Crippen LogP contribution >= 0.6 is 24.0 Å². The molecule has 1 aliphatic carbocycles. The summed E-state index contributed by atoms with van der Waals surface area (Å²) in [6.45, 7) is 5.78. The van der Waals surface area contributed by atoms with Crippen LogP contribution in [0, 0.1) is 5.41 Å². The smallest absolute Gasteiger partial charge is 0.191 e. The van der Waals surface area contributed by atoms with Gasteiger partial charge in [-0.05, 0) is 43.7 Å². The number of hydrogen-bond donors (Lipinski definition) is 2. The fraction of sp³-hybridized carbons (Fsp3) is 0.667. The quantitative estimate of drug-likeness (QED) is 0.323. The Morgan fingerprint density at radius 3 is 2.68 bits per heavy atom. The van der Waals surface area contributed by atoms with E-state index >= 15 is 0 Å². The lowest BCUT2D eigenvalue weighted by Crippen LogP contribution is -2.45. The first-order valence-corrected chi connectivity index (χ1v) is 10.1. The summed E-state index contributed by atoms with van der Waals surface area (Å²) >= 11 is 0. The SMILES string of the molecule is CCNC(=NCC1(CCOC)CCCC1)NCC1COc2ccccc2O1.I. The number of guanidine groups is 1. The van der Waals surface area contributed by atoms with E-state index in [-0.39, 0.29) is 30.1 Å². The second kappa shape index (κ2) is 11.7. The highest BCUT2D eigenvalue weighted by molar-refractivity contribution is 14.0. The van der Waals surface area contributed by atoms with Crippen molar-refractivity contribution in [1.82, 2.24) is 10.6 Å². The maximum atomic E-state index is 6.02. The minimum absolute atomic E-state index is 0. The van der Waals surface area contributed by atoms with Crippen molar-refractivity contribution in [3.8, 4) is 11.5 Å². The van der Waals surface area contributed by atoms with Crippen LogP contribution < -0.4 is 20.1 Å². The van der Waals surface area contributed by atoms with Gasteiger partial charge in [0, 0.05) is 26.8 Å². The minimum Gasteiger partial charge on any atom is -0.486 e. The summed E-state index contributed by atoms with van der Waals surface area (Å²) in [5.74, 6) is 2.47. The van der Waals surface area contributed by atoms with E-state index in [1.807, 2.05) is 24.3 Å². The molecule has 0 saturated heterocycles. The molecule has 1 atom stereocenters. The van der Waals surface area contributed by atoms with Crippen LogP contribution in [0.25, 0.3) is 0 Å². The fourth-order valence-corrected chi connectivity index (χ4v) is 3.89. The first-order chi connectivity index (χ1) is 13.2. The third-order valence-electron chi connectivity index (χ3n) is 5.48. The molecule has 158 valence electrons. The average Bonchev–Trinajstić information content (AvgIpc) is 3.17. The van der Waals surface area contributed by atoms with Crippen LogP contribution in [0.4, 0.5) is 0 Å². The Hall–Kier alpha value is -1.22. The van der Waals surface area contributed by atoms with Gasteiger partial charge in [-0.15, -0.1) is 24.0 Å². The largest absolute Gasteiger partial charge is 0.486 e. The molecule has 28 heavy (non-hydrogen) atoms. The van der Waals surface area contributed by atoms with Gasteiger partial charge in [0.25, 0.3) is 0 Å². The summed E-state index contributed by atoms with van der Waals surface area (Å²) in [5, 5.41) is 6.77. The van der Waals surface area contributed by atoms with Gasteiger partial charge in [-0.3, -0.25) is 4.99 Å². The van der Waals surface area contributed by atoms with Crippen LogP contribution in [0.1, 0.15) is 39.0 Å². The molecule has 2 N–H and O–H groups in total. The molecule has 1 aliphatic heterocycles. The summed E-state index contributed by atoms with van der Waals surface area (Å²) in [7, 11) is 1.78. The molecular formula is C21H34IN3O3. The highest BCUT2D eigenvalue weighted by atomic mass is 127. The number of hydrogen-bond acceptors (Lipinski definition) is 4. The van der Waals surface area contributed by atoms with Crippen LogP contribution in [-0.2, 0) is 4.74 Å². The predicted molar refractivity (Wildman–Crippen MR) is 123 cm³/mol. The molecular weight excluding hydrogens is 469 g/mol. The highest BCUT2D eigenvalue weighted by Crippen LogP contribution is 2.41. The van der Waals surface area contributed by atoms with E-state index in [0.29, 0.717) is 18.6 Å². The molecule has 1 fully saturated rings. The highest BCUT2D eigenvalue weighted by Gasteiger charge is 2.33. The molecule has 6 nitrogen and oxygen atoms in total. The van der Waals surface area contributed by atoms with Gasteiger partial charge in [0.1, 0.15) is 12.7 Å². The van der Waals surface area contributed by atoms with Crippen LogP contribution in [0.3, 0.4) is 0 Å². The number of aliphatic imine (C=N–C) groups is 1. The van der Waals surface area contributed by atoms with Crippen molar-refractivity contribution in [2.75, 3.05) is 40.0 Å². The molecule has 0 aromatic heterocycles. The zero-order valence-electron chi connectivity index (χ0n) is 17.0. The second-order valence-corrected chi connectivity index (χ2v) is 7.52. The number of fused-ring (bicyclic) bond motifs is 1. The summed E-state index contributed by atoms with van der Waals surface area (Å²) in [6.07, 6.45) is 6.15. The Kier molecular flexibility index (Phi) is 9.64. The van der Waals surface area contributed by atoms with E-state index in [4.69, 9.17) is 19.2 Å². The fourth-order valence-electron chi connectivity index (χ4n) is 3.89. The van der Waals surface area contributed by atoms with E-state index in [1.54, 1.807) is 7.11 Å². The van der Waals surface area contributed by atoms with Crippen molar-refractivity contribution < 1.29 is 14.2 Å². The van der Waals surface area contributed by atoms with Gasteiger partial charge in [-0.2, -0.15) is 0 Å². The zero-order chi connectivity index (χ0) is 19.0. The number of methoxy groups -OCH3 is 1.